The lowest BCUT2D eigenvalue weighted by Crippen LogP contribution is -2.10. The summed E-state index contributed by atoms with van der Waals surface area (Å²) in [5, 5.41) is 17.4. The molecule has 1 fully saturated rings. The molecule has 2 aromatic heterocycles. The van der Waals surface area contributed by atoms with Crippen molar-refractivity contribution in [2.24, 2.45) is 5.92 Å². The minimum absolute atomic E-state index is 0.190. The number of hydrogen-bond acceptors (Lipinski definition) is 3. The van der Waals surface area contributed by atoms with E-state index in [4.69, 9.17) is 5.11 Å². The molecule has 0 aliphatic heterocycles. The van der Waals surface area contributed by atoms with Crippen molar-refractivity contribution in [3.63, 3.8) is 0 Å². The zero-order valence-corrected chi connectivity index (χ0v) is 11.2. The first kappa shape index (κ1) is 11.6. The van der Waals surface area contributed by atoms with Gasteiger partial charge in [-0.1, -0.05) is 0 Å². The number of aliphatic carboxylic acids is 1. The lowest BCUT2D eigenvalue weighted by molar-refractivity contribution is -0.141. The fourth-order valence-electron chi connectivity index (χ4n) is 2.60. The van der Waals surface area contributed by atoms with Crippen LogP contribution in [0.2, 0.25) is 0 Å². The van der Waals surface area contributed by atoms with Gasteiger partial charge in [0.15, 0.2) is 5.65 Å². The normalized spacial score (nSPS) is 23.6. The maximum absolute atomic E-state index is 11.0. The van der Waals surface area contributed by atoms with E-state index in [1.807, 2.05) is 22.7 Å². The predicted molar refractivity (Wildman–Crippen MR) is 68.4 cm³/mol. The summed E-state index contributed by atoms with van der Waals surface area (Å²) in [5.41, 5.74) is 0.798. The molecule has 2 heterocycles. The van der Waals surface area contributed by atoms with Crippen molar-refractivity contribution in [3.8, 4) is 0 Å². The second-order valence-electron chi connectivity index (χ2n) is 4.68. The van der Waals surface area contributed by atoms with Gasteiger partial charge in [-0.05, 0) is 47.3 Å². The van der Waals surface area contributed by atoms with Crippen molar-refractivity contribution in [2.45, 2.75) is 25.2 Å². The second kappa shape index (κ2) is 4.35. The summed E-state index contributed by atoms with van der Waals surface area (Å²) in [6.07, 6.45) is 4.18. The van der Waals surface area contributed by atoms with Crippen molar-refractivity contribution in [3.05, 3.63) is 28.6 Å². The van der Waals surface area contributed by atoms with Gasteiger partial charge in [0.1, 0.15) is 5.82 Å². The minimum atomic E-state index is -0.701. The van der Waals surface area contributed by atoms with Crippen LogP contribution in [0.15, 0.2) is 22.8 Å². The Morgan fingerprint density at radius 1 is 1.39 bits per heavy atom. The fourth-order valence-corrected chi connectivity index (χ4v) is 2.94. The number of carboxylic acids is 1. The largest absolute Gasteiger partial charge is 0.481 e. The molecular weight excluding hydrogens is 298 g/mol. The van der Waals surface area contributed by atoms with E-state index in [2.05, 4.69) is 26.1 Å². The van der Waals surface area contributed by atoms with E-state index in [1.165, 1.54) is 0 Å². The van der Waals surface area contributed by atoms with E-state index in [-0.39, 0.29) is 11.8 Å². The summed E-state index contributed by atoms with van der Waals surface area (Å²) in [7, 11) is 0. The Kier molecular flexibility index (Phi) is 2.81. The molecule has 0 saturated heterocycles. The lowest BCUT2D eigenvalue weighted by Gasteiger charge is -2.07. The molecule has 0 radical (unpaired) electrons. The van der Waals surface area contributed by atoms with Crippen LogP contribution in [0.5, 0.6) is 0 Å². The van der Waals surface area contributed by atoms with Crippen molar-refractivity contribution in [1.29, 1.82) is 0 Å². The van der Waals surface area contributed by atoms with E-state index in [1.54, 1.807) is 0 Å². The highest BCUT2D eigenvalue weighted by molar-refractivity contribution is 9.10. The van der Waals surface area contributed by atoms with E-state index in [0.717, 1.165) is 28.8 Å². The summed E-state index contributed by atoms with van der Waals surface area (Å²) in [6.45, 7) is 0. The Balaban J connectivity index is 1.95. The molecule has 18 heavy (non-hydrogen) atoms. The predicted octanol–water partition coefficient (Wildman–Crippen LogP) is 2.46. The zero-order valence-electron chi connectivity index (χ0n) is 9.58. The number of nitrogens with zero attached hydrogens (tertiary/aromatic N) is 3. The molecule has 5 nitrogen and oxygen atoms in total. The highest BCUT2D eigenvalue weighted by Crippen LogP contribution is 2.37. The number of pyridine rings is 1. The summed E-state index contributed by atoms with van der Waals surface area (Å²) in [4.78, 5) is 11.0. The number of carboxylic acid groups (broad SMARTS) is 1. The number of halogens is 1. The van der Waals surface area contributed by atoms with Gasteiger partial charge in [-0.15, -0.1) is 10.2 Å². The average Bonchev–Trinajstić information content (AvgIpc) is 2.93. The topological polar surface area (TPSA) is 67.5 Å². The SMILES string of the molecule is O=C(O)C1CCC(c2nnc3ccc(Br)cn23)C1. The molecular formula is C12H12BrN3O2. The molecule has 6 heteroatoms. The van der Waals surface area contributed by atoms with E-state index < -0.39 is 5.97 Å². The van der Waals surface area contributed by atoms with Crippen molar-refractivity contribution in [2.75, 3.05) is 0 Å². The van der Waals surface area contributed by atoms with Crippen LogP contribution in [0.1, 0.15) is 31.0 Å². The van der Waals surface area contributed by atoms with Crippen LogP contribution >= 0.6 is 15.9 Å². The second-order valence-corrected chi connectivity index (χ2v) is 5.59. The highest BCUT2D eigenvalue weighted by atomic mass is 79.9. The van der Waals surface area contributed by atoms with Crippen molar-refractivity contribution >= 4 is 27.5 Å². The fraction of sp³-hybridized carbons (Fsp3) is 0.417. The standard InChI is InChI=1S/C12H12BrN3O2/c13-9-3-4-10-14-15-11(16(10)6-9)7-1-2-8(5-7)12(17)18/h3-4,6-8H,1-2,5H2,(H,17,18). The molecule has 94 valence electrons. The number of fused-ring (bicyclic) bond motifs is 1. The van der Waals surface area contributed by atoms with Gasteiger partial charge in [-0.3, -0.25) is 9.20 Å². The molecule has 1 N–H and O–H groups in total. The summed E-state index contributed by atoms with van der Waals surface area (Å²) in [6, 6.07) is 3.81. The molecule has 1 aliphatic rings. The molecule has 2 aromatic rings. The quantitative estimate of drug-likeness (QED) is 0.925. The number of carbonyl (C=O) groups is 1. The number of aromatic nitrogens is 3. The first-order valence-electron chi connectivity index (χ1n) is 5.88. The maximum atomic E-state index is 11.0. The molecule has 0 spiro atoms. The van der Waals surface area contributed by atoms with Crippen LogP contribution in [0, 0.1) is 5.92 Å². The Hall–Kier alpha value is -1.43. The van der Waals surface area contributed by atoms with E-state index in [9.17, 15) is 4.79 Å². The Bertz CT molecular complexity index is 610. The molecule has 2 unspecified atom stereocenters. The maximum Gasteiger partial charge on any atom is 0.306 e. The zero-order chi connectivity index (χ0) is 12.7. The van der Waals surface area contributed by atoms with Gasteiger partial charge in [0.2, 0.25) is 0 Å². The molecule has 1 aliphatic carbocycles. The molecule has 3 rings (SSSR count). The first-order chi connectivity index (χ1) is 8.65. The van der Waals surface area contributed by atoms with Gasteiger partial charge in [-0.2, -0.15) is 0 Å². The Labute approximate surface area is 112 Å². The molecule has 0 aromatic carbocycles. The van der Waals surface area contributed by atoms with Crippen LogP contribution in [0.25, 0.3) is 5.65 Å². The monoisotopic (exact) mass is 309 g/mol. The minimum Gasteiger partial charge on any atom is -0.481 e. The first-order valence-corrected chi connectivity index (χ1v) is 6.67. The van der Waals surface area contributed by atoms with E-state index >= 15 is 0 Å². The molecule has 1 saturated carbocycles. The third-order valence-electron chi connectivity index (χ3n) is 3.54. The lowest BCUT2D eigenvalue weighted by atomic mass is 10.0. The average molecular weight is 310 g/mol. The van der Waals surface area contributed by atoms with Crippen LogP contribution in [0.4, 0.5) is 0 Å². The Morgan fingerprint density at radius 3 is 2.94 bits per heavy atom. The van der Waals surface area contributed by atoms with Gasteiger partial charge in [0.25, 0.3) is 0 Å². The highest BCUT2D eigenvalue weighted by Gasteiger charge is 2.33. The smallest absolute Gasteiger partial charge is 0.306 e. The number of hydrogen-bond donors (Lipinski definition) is 1. The molecule has 0 amide bonds. The third-order valence-corrected chi connectivity index (χ3v) is 4.01. The van der Waals surface area contributed by atoms with Crippen LogP contribution in [0.3, 0.4) is 0 Å². The van der Waals surface area contributed by atoms with Crippen LogP contribution in [-0.4, -0.2) is 25.7 Å². The van der Waals surface area contributed by atoms with Gasteiger partial charge in [0.05, 0.1) is 5.92 Å². The van der Waals surface area contributed by atoms with Gasteiger partial charge < -0.3 is 5.11 Å². The summed E-state index contributed by atoms with van der Waals surface area (Å²) < 4.78 is 2.91. The molecule has 2 atom stereocenters. The third kappa shape index (κ3) is 1.90. The summed E-state index contributed by atoms with van der Waals surface area (Å²) in [5.74, 6) is 0.118. The van der Waals surface area contributed by atoms with Crippen molar-refractivity contribution < 1.29 is 9.90 Å². The summed E-state index contributed by atoms with van der Waals surface area (Å²) >= 11 is 3.42. The van der Waals surface area contributed by atoms with Gasteiger partial charge in [-0.25, -0.2) is 0 Å². The van der Waals surface area contributed by atoms with Gasteiger partial charge >= 0.3 is 5.97 Å². The van der Waals surface area contributed by atoms with Crippen molar-refractivity contribution in [1.82, 2.24) is 14.6 Å². The van der Waals surface area contributed by atoms with Gasteiger partial charge in [0, 0.05) is 16.6 Å². The number of rotatable bonds is 2. The van der Waals surface area contributed by atoms with E-state index in [0.29, 0.717) is 6.42 Å². The van der Waals surface area contributed by atoms with Crippen LogP contribution < -0.4 is 0 Å². The Morgan fingerprint density at radius 2 is 2.22 bits per heavy atom. The van der Waals surface area contributed by atoms with Crippen LogP contribution in [-0.2, 0) is 4.79 Å². The molecule has 0 bridgehead atoms.